The molecule has 1 aromatic heterocycles. The van der Waals surface area contributed by atoms with E-state index < -0.39 is 0 Å². The monoisotopic (exact) mass is 513 g/mol. The molecular formula is C32H23N3O2S. The summed E-state index contributed by atoms with van der Waals surface area (Å²) in [5.74, 6) is 0.778. The third-order valence-electron chi connectivity index (χ3n) is 6.64. The fourth-order valence-electron chi connectivity index (χ4n) is 4.95. The highest BCUT2D eigenvalue weighted by Gasteiger charge is 2.24. The van der Waals surface area contributed by atoms with Gasteiger partial charge < -0.3 is 0 Å². The number of hydrogen-bond donors (Lipinski definition) is 0. The minimum atomic E-state index is -0.329. The standard InChI is InChI=1S/C32H23N3O2S/c1-38-29-19-11-9-17-25(29)27-21-20-26(24-16-8-10-18-28(24)35(36)37)30-31(27)34(23-14-6-3-7-15-23)32(33-30)22-12-4-2-5-13-22/h2-21H,1H3. The van der Waals surface area contributed by atoms with Gasteiger partial charge in [-0.2, -0.15) is 0 Å². The molecule has 0 N–H and O–H groups in total. The number of fused-ring (bicyclic) bond motifs is 1. The van der Waals surface area contributed by atoms with Crippen LogP contribution in [0.25, 0.3) is 50.4 Å². The number of nitro benzene ring substituents is 1. The van der Waals surface area contributed by atoms with Gasteiger partial charge in [0.15, 0.2) is 0 Å². The van der Waals surface area contributed by atoms with Crippen molar-refractivity contribution in [3.8, 4) is 39.3 Å². The molecule has 1 heterocycles. The first-order valence-electron chi connectivity index (χ1n) is 12.2. The second kappa shape index (κ2) is 10.00. The van der Waals surface area contributed by atoms with Crippen LogP contribution in [0.2, 0.25) is 0 Å². The van der Waals surface area contributed by atoms with Crippen LogP contribution in [0.3, 0.4) is 0 Å². The van der Waals surface area contributed by atoms with Gasteiger partial charge in [0.25, 0.3) is 5.69 Å². The number of para-hydroxylation sites is 2. The molecule has 5 nitrogen and oxygen atoms in total. The number of aromatic nitrogens is 2. The van der Waals surface area contributed by atoms with Crippen LogP contribution < -0.4 is 0 Å². The van der Waals surface area contributed by atoms with Crippen molar-refractivity contribution in [3.05, 3.63) is 131 Å². The average Bonchev–Trinajstić information content (AvgIpc) is 3.38. The van der Waals surface area contributed by atoms with Crippen LogP contribution >= 0.6 is 11.8 Å². The summed E-state index contributed by atoms with van der Waals surface area (Å²) in [5, 5.41) is 12.0. The molecule has 0 aliphatic rings. The second-order valence-electron chi connectivity index (χ2n) is 8.80. The van der Waals surface area contributed by atoms with E-state index in [1.165, 1.54) is 0 Å². The van der Waals surface area contributed by atoms with Crippen LogP contribution in [-0.4, -0.2) is 20.7 Å². The number of imidazole rings is 1. The zero-order chi connectivity index (χ0) is 26.1. The van der Waals surface area contributed by atoms with Crippen LogP contribution in [-0.2, 0) is 0 Å². The molecule has 0 saturated heterocycles. The van der Waals surface area contributed by atoms with E-state index in [2.05, 4.69) is 41.2 Å². The van der Waals surface area contributed by atoms with Gasteiger partial charge in [-0.05, 0) is 36.1 Å². The molecule has 0 aliphatic carbocycles. The van der Waals surface area contributed by atoms with Gasteiger partial charge in [-0.15, -0.1) is 11.8 Å². The van der Waals surface area contributed by atoms with E-state index in [4.69, 9.17) is 4.98 Å². The SMILES string of the molecule is CSc1ccccc1-c1ccc(-c2ccccc2[N+](=O)[O-])c2nc(-c3ccccc3)n(-c3ccccc3)c12. The Morgan fingerprint density at radius 2 is 1.29 bits per heavy atom. The summed E-state index contributed by atoms with van der Waals surface area (Å²) >= 11 is 1.69. The van der Waals surface area contributed by atoms with Crippen LogP contribution in [0.4, 0.5) is 5.69 Å². The second-order valence-corrected chi connectivity index (χ2v) is 9.65. The zero-order valence-electron chi connectivity index (χ0n) is 20.6. The molecule has 0 unspecified atom stereocenters. The molecule has 0 saturated carbocycles. The fraction of sp³-hybridized carbons (Fsp3) is 0.0312. The van der Waals surface area contributed by atoms with Crippen molar-refractivity contribution in [2.75, 3.05) is 6.26 Å². The third-order valence-corrected chi connectivity index (χ3v) is 7.43. The van der Waals surface area contributed by atoms with E-state index in [0.717, 1.165) is 49.7 Å². The lowest BCUT2D eigenvalue weighted by Gasteiger charge is -2.15. The molecule has 0 radical (unpaired) electrons. The van der Waals surface area contributed by atoms with Crippen molar-refractivity contribution in [3.63, 3.8) is 0 Å². The highest BCUT2D eigenvalue weighted by atomic mass is 32.2. The Morgan fingerprint density at radius 1 is 0.684 bits per heavy atom. The first kappa shape index (κ1) is 23.7. The van der Waals surface area contributed by atoms with Crippen LogP contribution in [0, 0.1) is 10.1 Å². The van der Waals surface area contributed by atoms with Crippen LogP contribution in [0.15, 0.2) is 126 Å². The third kappa shape index (κ3) is 4.05. The first-order chi connectivity index (χ1) is 18.7. The Bertz CT molecular complexity index is 1780. The molecule has 0 fully saturated rings. The fourth-order valence-corrected chi connectivity index (χ4v) is 5.57. The number of rotatable bonds is 6. The number of thioether (sulfide) groups is 1. The minimum Gasteiger partial charge on any atom is -0.292 e. The van der Waals surface area contributed by atoms with Crippen molar-refractivity contribution in [2.24, 2.45) is 0 Å². The summed E-state index contributed by atoms with van der Waals surface area (Å²) in [6.45, 7) is 0. The average molecular weight is 514 g/mol. The topological polar surface area (TPSA) is 61.0 Å². The van der Waals surface area contributed by atoms with Crippen molar-refractivity contribution in [2.45, 2.75) is 4.90 Å². The quantitative estimate of drug-likeness (QED) is 0.127. The molecule has 0 aliphatic heterocycles. The molecule has 184 valence electrons. The van der Waals surface area contributed by atoms with Gasteiger partial charge in [-0.1, -0.05) is 91.0 Å². The molecule has 0 amide bonds. The van der Waals surface area contributed by atoms with E-state index in [1.54, 1.807) is 30.0 Å². The number of hydrogen-bond acceptors (Lipinski definition) is 4. The zero-order valence-corrected chi connectivity index (χ0v) is 21.4. The summed E-state index contributed by atoms with van der Waals surface area (Å²) in [4.78, 5) is 18.0. The molecule has 0 bridgehead atoms. The molecule has 6 aromatic rings. The molecule has 0 atom stereocenters. The molecule has 6 heteroatoms. The lowest BCUT2D eigenvalue weighted by atomic mass is 9.96. The Hall–Kier alpha value is -4.68. The summed E-state index contributed by atoms with van der Waals surface area (Å²) in [5.41, 5.74) is 7.00. The van der Waals surface area contributed by atoms with Gasteiger partial charge in [0, 0.05) is 33.3 Å². The van der Waals surface area contributed by atoms with Gasteiger partial charge in [0.05, 0.1) is 21.5 Å². The maximum Gasteiger partial charge on any atom is 0.277 e. The Labute approximate surface area is 224 Å². The summed E-state index contributed by atoms with van der Waals surface area (Å²) in [6, 6.07) is 39.4. The Morgan fingerprint density at radius 3 is 2.00 bits per heavy atom. The van der Waals surface area contributed by atoms with E-state index in [9.17, 15) is 10.1 Å². The number of benzene rings is 5. The number of nitro groups is 1. The smallest absolute Gasteiger partial charge is 0.277 e. The Kier molecular flexibility index (Phi) is 6.23. The van der Waals surface area contributed by atoms with Crippen LogP contribution in [0.1, 0.15) is 0 Å². The van der Waals surface area contributed by atoms with E-state index in [1.807, 2.05) is 72.8 Å². The molecular weight excluding hydrogens is 490 g/mol. The predicted molar refractivity (Wildman–Crippen MR) is 156 cm³/mol. The van der Waals surface area contributed by atoms with E-state index in [0.29, 0.717) is 5.56 Å². The lowest BCUT2D eigenvalue weighted by molar-refractivity contribution is -0.384. The van der Waals surface area contributed by atoms with Crippen molar-refractivity contribution in [1.82, 2.24) is 9.55 Å². The Balaban J connectivity index is 1.80. The van der Waals surface area contributed by atoms with Crippen molar-refractivity contribution >= 4 is 28.5 Å². The van der Waals surface area contributed by atoms with Gasteiger partial charge in [-0.3, -0.25) is 14.7 Å². The highest BCUT2D eigenvalue weighted by molar-refractivity contribution is 7.98. The normalized spacial score (nSPS) is 11.1. The molecule has 0 spiro atoms. The largest absolute Gasteiger partial charge is 0.292 e. The van der Waals surface area contributed by atoms with Gasteiger partial charge in [0.2, 0.25) is 0 Å². The first-order valence-corrected chi connectivity index (χ1v) is 13.4. The highest BCUT2D eigenvalue weighted by Crippen LogP contribution is 2.43. The van der Waals surface area contributed by atoms with Crippen LogP contribution in [0.5, 0.6) is 0 Å². The summed E-state index contributed by atoms with van der Waals surface area (Å²) in [7, 11) is 0. The minimum absolute atomic E-state index is 0.0570. The summed E-state index contributed by atoms with van der Waals surface area (Å²) in [6.07, 6.45) is 2.07. The summed E-state index contributed by atoms with van der Waals surface area (Å²) < 4.78 is 2.18. The maximum atomic E-state index is 12.0. The predicted octanol–water partition coefficient (Wildman–Crippen LogP) is 8.66. The van der Waals surface area contributed by atoms with Crippen molar-refractivity contribution in [1.29, 1.82) is 0 Å². The van der Waals surface area contributed by atoms with Gasteiger partial charge >= 0.3 is 0 Å². The molecule has 5 aromatic carbocycles. The number of nitrogens with zero attached hydrogens (tertiary/aromatic N) is 3. The maximum absolute atomic E-state index is 12.0. The van der Waals surface area contributed by atoms with Crippen molar-refractivity contribution < 1.29 is 4.92 Å². The van der Waals surface area contributed by atoms with E-state index >= 15 is 0 Å². The lowest BCUT2D eigenvalue weighted by Crippen LogP contribution is -1.99. The molecule has 6 rings (SSSR count). The van der Waals surface area contributed by atoms with E-state index in [-0.39, 0.29) is 10.6 Å². The van der Waals surface area contributed by atoms with Gasteiger partial charge in [-0.25, -0.2) is 4.98 Å². The molecule has 38 heavy (non-hydrogen) atoms. The van der Waals surface area contributed by atoms with Gasteiger partial charge in [0.1, 0.15) is 5.82 Å².